The van der Waals surface area contributed by atoms with Gasteiger partial charge in [-0.3, -0.25) is 4.79 Å². The van der Waals surface area contributed by atoms with E-state index in [0.29, 0.717) is 32.2 Å². The molecule has 5 fully saturated rings. The zero-order valence-electron chi connectivity index (χ0n) is 14.9. The first kappa shape index (κ1) is 17.1. The fraction of sp³-hybridized carbons (Fsp3) is 0.950. The van der Waals surface area contributed by atoms with Gasteiger partial charge in [0.05, 0.1) is 0 Å². The van der Waals surface area contributed by atoms with E-state index in [2.05, 4.69) is 59.6 Å². The summed E-state index contributed by atoms with van der Waals surface area (Å²) in [5, 5.41) is 0. The summed E-state index contributed by atoms with van der Waals surface area (Å²) < 4.78 is 0. The topological polar surface area (TPSA) is 17.1 Å². The molecule has 0 radical (unpaired) electrons. The van der Waals surface area contributed by atoms with Crippen LogP contribution in [0, 0.1) is 33.5 Å². The summed E-state index contributed by atoms with van der Waals surface area (Å²) in [5.74, 6) is 1.96. The minimum atomic E-state index is 0.172. The average Bonchev–Trinajstić information content (AvgIpc) is 2.41. The summed E-state index contributed by atoms with van der Waals surface area (Å²) in [6, 6.07) is 0. The molecule has 0 aliphatic heterocycles. The normalized spacial score (nSPS) is 57.7. The van der Waals surface area contributed by atoms with E-state index in [0.717, 1.165) is 18.8 Å². The van der Waals surface area contributed by atoms with E-state index >= 15 is 0 Å². The van der Waals surface area contributed by atoms with Crippen molar-refractivity contribution in [3.63, 3.8) is 0 Å². The first-order valence-electron chi connectivity index (χ1n) is 9.37. The van der Waals surface area contributed by atoms with Gasteiger partial charge in [-0.1, -0.05) is 59.6 Å². The molecule has 5 aliphatic carbocycles. The quantitative estimate of drug-likeness (QED) is 0.410. The fourth-order valence-corrected chi connectivity index (χ4v) is 10.5. The lowest BCUT2D eigenvalue weighted by Gasteiger charge is -2.73. The van der Waals surface area contributed by atoms with Crippen molar-refractivity contribution in [3.8, 4) is 0 Å². The average molecular weight is 446 g/mol. The molecule has 2 bridgehead atoms. The summed E-state index contributed by atoms with van der Waals surface area (Å²) in [4.78, 5) is 13.9. The molecule has 0 aromatic heterocycles. The predicted octanol–water partition coefficient (Wildman–Crippen LogP) is 6.13. The van der Waals surface area contributed by atoms with Gasteiger partial charge < -0.3 is 0 Å². The third-order valence-electron chi connectivity index (χ3n) is 8.90. The van der Waals surface area contributed by atoms with Crippen molar-refractivity contribution in [1.82, 2.24) is 0 Å². The van der Waals surface area contributed by atoms with Crippen molar-refractivity contribution >= 4 is 37.6 Å². The third-order valence-corrected chi connectivity index (χ3v) is 11.9. The van der Waals surface area contributed by atoms with Gasteiger partial charge in [0.25, 0.3) is 0 Å². The molecule has 0 saturated heterocycles. The van der Waals surface area contributed by atoms with Gasteiger partial charge in [-0.05, 0) is 65.6 Å². The van der Waals surface area contributed by atoms with Gasteiger partial charge in [0.2, 0.25) is 0 Å². The largest absolute Gasteiger partial charge is 0.300 e. The maximum Gasteiger partial charge on any atom is 0.134 e. The number of halogens is 2. The SMILES string of the molecule is CC1(C)CC(=O)C[C@@]2(C)[C@H]1CC[C@H]1[C@H](Br)[C@@]3(C)CC[C@@]12C[C@@H]3Br. The summed E-state index contributed by atoms with van der Waals surface area (Å²) in [7, 11) is 0. The van der Waals surface area contributed by atoms with Crippen molar-refractivity contribution < 1.29 is 4.79 Å². The fourth-order valence-electron chi connectivity index (χ4n) is 7.72. The van der Waals surface area contributed by atoms with Crippen molar-refractivity contribution in [2.24, 2.45) is 33.5 Å². The van der Waals surface area contributed by atoms with Crippen LogP contribution in [0.15, 0.2) is 0 Å². The van der Waals surface area contributed by atoms with Gasteiger partial charge >= 0.3 is 0 Å². The maximum atomic E-state index is 12.7. The summed E-state index contributed by atoms with van der Waals surface area (Å²) in [5.41, 5.74) is 1.09. The molecule has 0 unspecified atom stereocenters. The van der Waals surface area contributed by atoms with Gasteiger partial charge in [0, 0.05) is 22.5 Å². The Morgan fingerprint density at radius 3 is 2.35 bits per heavy atom. The molecule has 130 valence electrons. The number of Topliss-reactive ketones (excluding diaryl/α,β-unsaturated/α-hetero) is 1. The summed E-state index contributed by atoms with van der Waals surface area (Å²) >= 11 is 8.22. The van der Waals surface area contributed by atoms with E-state index in [4.69, 9.17) is 0 Å². The standard InChI is InChI=1S/C20H30Br2O/c1-17(2)9-12(23)10-19(4)14(17)6-5-13-16(22)18(3)7-8-20(13,19)11-15(18)21/h13-16H,5-11H2,1-4H3/t13-,14-,15-,16-,18-,19-,20+/m0/s1. The molecule has 0 heterocycles. The molecule has 0 N–H and O–H groups in total. The minimum absolute atomic E-state index is 0.172. The number of fused-ring (bicyclic) bond motifs is 3. The van der Waals surface area contributed by atoms with Crippen LogP contribution in [0.1, 0.15) is 72.6 Å². The Balaban J connectivity index is 1.85. The Bertz CT molecular complexity index is 558. The molecule has 23 heavy (non-hydrogen) atoms. The van der Waals surface area contributed by atoms with Gasteiger partial charge in [0.1, 0.15) is 5.78 Å². The Hall–Kier alpha value is 0.630. The van der Waals surface area contributed by atoms with Crippen LogP contribution in [0.4, 0.5) is 0 Å². The molecule has 3 heteroatoms. The predicted molar refractivity (Wildman–Crippen MR) is 102 cm³/mol. The van der Waals surface area contributed by atoms with Crippen LogP contribution < -0.4 is 0 Å². The Labute approximate surface area is 158 Å². The Morgan fingerprint density at radius 1 is 1.00 bits per heavy atom. The Morgan fingerprint density at radius 2 is 1.70 bits per heavy atom. The van der Waals surface area contributed by atoms with Crippen LogP contribution in [0.2, 0.25) is 0 Å². The van der Waals surface area contributed by atoms with Crippen molar-refractivity contribution in [3.05, 3.63) is 0 Å². The number of carbonyl (C=O) groups is 1. The van der Waals surface area contributed by atoms with E-state index in [9.17, 15) is 4.79 Å². The second-order valence-electron chi connectivity index (χ2n) is 10.3. The summed E-state index contributed by atoms with van der Waals surface area (Å²) in [6.07, 6.45) is 8.18. The lowest BCUT2D eigenvalue weighted by molar-refractivity contribution is -0.209. The van der Waals surface area contributed by atoms with Crippen LogP contribution in [0.25, 0.3) is 0 Å². The number of carbonyl (C=O) groups excluding carboxylic acids is 1. The minimum Gasteiger partial charge on any atom is -0.300 e. The van der Waals surface area contributed by atoms with Gasteiger partial charge in [-0.25, -0.2) is 0 Å². The first-order chi connectivity index (χ1) is 10.6. The molecule has 0 aromatic carbocycles. The zero-order valence-corrected chi connectivity index (χ0v) is 18.1. The maximum absolute atomic E-state index is 12.7. The lowest BCUT2D eigenvalue weighted by atomic mass is 9.33. The Kier molecular flexibility index (Phi) is 3.61. The van der Waals surface area contributed by atoms with Crippen LogP contribution in [-0.2, 0) is 4.79 Å². The van der Waals surface area contributed by atoms with E-state index in [1.807, 2.05) is 0 Å². The molecule has 5 rings (SSSR count). The smallest absolute Gasteiger partial charge is 0.134 e. The van der Waals surface area contributed by atoms with Crippen LogP contribution in [-0.4, -0.2) is 15.4 Å². The van der Waals surface area contributed by atoms with Crippen molar-refractivity contribution in [1.29, 1.82) is 0 Å². The second kappa shape index (κ2) is 4.87. The third kappa shape index (κ3) is 1.93. The van der Waals surface area contributed by atoms with E-state index in [-0.39, 0.29) is 10.8 Å². The highest BCUT2D eigenvalue weighted by atomic mass is 79.9. The zero-order chi connectivity index (χ0) is 16.8. The van der Waals surface area contributed by atoms with E-state index < -0.39 is 0 Å². The number of hydrogen-bond donors (Lipinski definition) is 0. The van der Waals surface area contributed by atoms with Gasteiger partial charge in [-0.2, -0.15) is 0 Å². The molecule has 7 atom stereocenters. The van der Waals surface area contributed by atoms with Crippen molar-refractivity contribution in [2.75, 3.05) is 0 Å². The molecular weight excluding hydrogens is 416 g/mol. The molecule has 0 amide bonds. The monoisotopic (exact) mass is 444 g/mol. The number of ketones is 1. The van der Waals surface area contributed by atoms with Crippen LogP contribution in [0.3, 0.4) is 0 Å². The number of alkyl halides is 2. The molecule has 5 aliphatic rings. The first-order valence-corrected chi connectivity index (χ1v) is 11.2. The molecule has 0 aromatic rings. The summed E-state index contributed by atoms with van der Waals surface area (Å²) in [6.45, 7) is 9.68. The van der Waals surface area contributed by atoms with Gasteiger partial charge in [-0.15, -0.1) is 0 Å². The van der Waals surface area contributed by atoms with Crippen LogP contribution in [0.5, 0.6) is 0 Å². The lowest BCUT2D eigenvalue weighted by Crippen LogP contribution is -2.69. The second-order valence-corrected chi connectivity index (χ2v) is 12.4. The number of hydrogen-bond acceptors (Lipinski definition) is 1. The van der Waals surface area contributed by atoms with Crippen LogP contribution >= 0.6 is 31.9 Å². The number of rotatable bonds is 0. The van der Waals surface area contributed by atoms with Gasteiger partial charge in [0.15, 0.2) is 0 Å². The molecule has 1 nitrogen and oxygen atoms in total. The molecular formula is C20H30Br2O. The van der Waals surface area contributed by atoms with E-state index in [1.165, 1.54) is 32.1 Å². The highest BCUT2D eigenvalue weighted by Gasteiger charge is 2.71. The highest BCUT2D eigenvalue weighted by Crippen LogP contribution is 2.76. The van der Waals surface area contributed by atoms with E-state index in [1.54, 1.807) is 0 Å². The molecule has 1 spiro atoms. The highest BCUT2D eigenvalue weighted by molar-refractivity contribution is 9.10. The van der Waals surface area contributed by atoms with Crippen molar-refractivity contribution in [2.45, 2.75) is 82.3 Å². The molecule has 5 saturated carbocycles.